The largest absolute Gasteiger partial charge is 0.357 e. The maximum atomic E-state index is 13.6. The lowest BCUT2D eigenvalue weighted by molar-refractivity contribution is -0.139. The Morgan fingerprint density at radius 3 is 2.25 bits per heavy atom. The van der Waals surface area contributed by atoms with Crippen LogP contribution in [0.25, 0.3) is 0 Å². The van der Waals surface area contributed by atoms with Gasteiger partial charge in [0, 0.05) is 18.1 Å². The number of carbonyl (C=O) groups excluding carboxylic acids is 2. The van der Waals surface area contributed by atoms with E-state index in [0.717, 1.165) is 32.0 Å². The Balaban J connectivity index is 2.02. The number of rotatable bonds is 9. The fourth-order valence-electron chi connectivity index (χ4n) is 3.60. The summed E-state index contributed by atoms with van der Waals surface area (Å²) >= 11 is 3.40. The van der Waals surface area contributed by atoms with Crippen molar-refractivity contribution < 1.29 is 22.4 Å². The molecular weight excluding hydrogens is 549 g/mol. The van der Waals surface area contributed by atoms with Crippen LogP contribution in [0.4, 0.5) is 10.1 Å². The van der Waals surface area contributed by atoms with Crippen LogP contribution in [-0.4, -0.2) is 44.8 Å². The van der Waals surface area contributed by atoms with E-state index in [0.29, 0.717) is 0 Å². The van der Waals surface area contributed by atoms with Crippen LogP contribution in [0.5, 0.6) is 0 Å². The zero-order valence-electron chi connectivity index (χ0n) is 20.1. The summed E-state index contributed by atoms with van der Waals surface area (Å²) < 4.78 is 42.6. The molecule has 3 aromatic rings. The molecule has 1 atom stereocenters. The highest BCUT2D eigenvalue weighted by atomic mass is 79.9. The Hall–Kier alpha value is -3.24. The maximum Gasteiger partial charge on any atom is 0.264 e. The molecule has 0 radical (unpaired) electrons. The van der Waals surface area contributed by atoms with Crippen molar-refractivity contribution in [1.82, 2.24) is 10.2 Å². The monoisotopic (exact) mass is 575 g/mol. The van der Waals surface area contributed by atoms with Gasteiger partial charge in [-0.1, -0.05) is 45.8 Å². The maximum absolute atomic E-state index is 13.6. The van der Waals surface area contributed by atoms with Gasteiger partial charge in [0.05, 0.1) is 10.6 Å². The summed E-state index contributed by atoms with van der Waals surface area (Å²) in [5.41, 5.74) is 1.75. The average Bonchev–Trinajstić information content (AvgIpc) is 2.85. The van der Waals surface area contributed by atoms with Crippen molar-refractivity contribution >= 4 is 43.5 Å². The molecule has 2 amide bonds. The molecule has 0 aliphatic heterocycles. The van der Waals surface area contributed by atoms with E-state index >= 15 is 0 Å². The molecule has 1 N–H and O–H groups in total. The number of hydrogen-bond acceptors (Lipinski definition) is 4. The molecule has 0 bridgehead atoms. The summed E-state index contributed by atoms with van der Waals surface area (Å²) in [6, 6.07) is 17.5. The standard InChI is InChI=1S/C26H27BrFN3O4S/c1-18-7-13-24(14-8-18)36(34,35)31(23-11-9-22(28)10-12-23)17-25(32)30(19(2)26(33)29-3)16-20-5-4-6-21(27)15-20/h4-15,19H,16-17H2,1-3H3,(H,29,33). The van der Waals surface area contributed by atoms with Crippen LogP contribution in [-0.2, 0) is 26.2 Å². The minimum Gasteiger partial charge on any atom is -0.357 e. The number of likely N-dealkylation sites (N-methyl/N-ethyl adjacent to an activating group) is 1. The van der Waals surface area contributed by atoms with Crippen molar-refractivity contribution in [3.8, 4) is 0 Å². The fourth-order valence-corrected chi connectivity index (χ4v) is 5.46. The van der Waals surface area contributed by atoms with E-state index < -0.39 is 40.2 Å². The van der Waals surface area contributed by atoms with Gasteiger partial charge < -0.3 is 10.2 Å². The number of hydrogen-bond donors (Lipinski definition) is 1. The van der Waals surface area contributed by atoms with Crippen molar-refractivity contribution in [1.29, 1.82) is 0 Å². The molecule has 3 aromatic carbocycles. The van der Waals surface area contributed by atoms with Gasteiger partial charge in [0.25, 0.3) is 10.0 Å². The number of anilines is 1. The first-order valence-electron chi connectivity index (χ1n) is 11.1. The first kappa shape index (κ1) is 27.3. The summed E-state index contributed by atoms with van der Waals surface area (Å²) in [4.78, 5) is 27.4. The van der Waals surface area contributed by atoms with Crippen molar-refractivity contribution in [3.05, 3.63) is 94.2 Å². The predicted molar refractivity (Wildman–Crippen MR) is 140 cm³/mol. The SMILES string of the molecule is CNC(=O)C(C)N(Cc1cccc(Br)c1)C(=O)CN(c1ccc(F)cc1)S(=O)(=O)c1ccc(C)cc1. The van der Waals surface area contributed by atoms with Gasteiger partial charge in [0.1, 0.15) is 18.4 Å². The third-order valence-corrected chi connectivity index (χ3v) is 7.94. The van der Waals surface area contributed by atoms with E-state index in [2.05, 4.69) is 21.2 Å². The highest BCUT2D eigenvalue weighted by Crippen LogP contribution is 2.25. The van der Waals surface area contributed by atoms with Gasteiger partial charge in [-0.25, -0.2) is 12.8 Å². The normalized spacial score (nSPS) is 12.0. The molecule has 0 aromatic heterocycles. The second kappa shape index (κ2) is 11.7. The number of nitrogens with one attached hydrogen (secondary N) is 1. The second-order valence-electron chi connectivity index (χ2n) is 8.24. The lowest BCUT2D eigenvalue weighted by atomic mass is 10.1. The van der Waals surface area contributed by atoms with E-state index in [4.69, 9.17) is 0 Å². The molecule has 10 heteroatoms. The smallest absolute Gasteiger partial charge is 0.264 e. The summed E-state index contributed by atoms with van der Waals surface area (Å²) in [7, 11) is -2.72. The van der Waals surface area contributed by atoms with Crippen LogP contribution in [0, 0.1) is 12.7 Å². The number of sulfonamides is 1. The minimum atomic E-state index is -4.19. The van der Waals surface area contributed by atoms with E-state index in [9.17, 15) is 22.4 Å². The number of amides is 2. The molecule has 3 rings (SSSR count). The molecule has 0 saturated carbocycles. The Kier molecular flexibility index (Phi) is 8.86. The van der Waals surface area contributed by atoms with Crippen LogP contribution in [0.1, 0.15) is 18.1 Å². The Bertz CT molecular complexity index is 1330. The van der Waals surface area contributed by atoms with Crippen LogP contribution >= 0.6 is 15.9 Å². The highest BCUT2D eigenvalue weighted by molar-refractivity contribution is 9.10. The third kappa shape index (κ3) is 6.50. The Labute approximate surface area is 219 Å². The average molecular weight is 576 g/mol. The Morgan fingerprint density at radius 1 is 1.03 bits per heavy atom. The molecule has 0 saturated heterocycles. The fraction of sp³-hybridized carbons (Fsp3) is 0.231. The van der Waals surface area contributed by atoms with Gasteiger partial charge >= 0.3 is 0 Å². The van der Waals surface area contributed by atoms with Crippen LogP contribution < -0.4 is 9.62 Å². The van der Waals surface area contributed by atoms with Gasteiger partial charge in [-0.3, -0.25) is 13.9 Å². The second-order valence-corrected chi connectivity index (χ2v) is 11.0. The molecular formula is C26H27BrFN3O4S. The number of carbonyl (C=O) groups is 2. The molecule has 0 spiro atoms. The summed E-state index contributed by atoms with van der Waals surface area (Å²) in [6.45, 7) is 2.90. The highest BCUT2D eigenvalue weighted by Gasteiger charge is 2.32. The summed E-state index contributed by atoms with van der Waals surface area (Å²) in [5.74, 6) is -1.53. The lowest BCUT2D eigenvalue weighted by Gasteiger charge is -2.31. The number of benzene rings is 3. The number of nitrogens with zero attached hydrogens (tertiary/aromatic N) is 2. The quantitative estimate of drug-likeness (QED) is 0.413. The van der Waals surface area contributed by atoms with Gasteiger partial charge in [0.2, 0.25) is 11.8 Å². The van der Waals surface area contributed by atoms with Gasteiger partial charge in [-0.2, -0.15) is 0 Å². The predicted octanol–water partition coefficient (Wildman–Crippen LogP) is 4.26. The molecule has 7 nitrogen and oxygen atoms in total. The molecule has 0 fully saturated rings. The molecule has 0 heterocycles. The molecule has 1 unspecified atom stereocenters. The zero-order valence-corrected chi connectivity index (χ0v) is 22.5. The van der Waals surface area contributed by atoms with Gasteiger partial charge in [-0.15, -0.1) is 0 Å². The van der Waals surface area contributed by atoms with Crippen LogP contribution in [0.3, 0.4) is 0 Å². The van der Waals surface area contributed by atoms with E-state index in [1.165, 1.54) is 36.2 Å². The Morgan fingerprint density at radius 2 is 1.67 bits per heavy atom. The van der Waals surface area contributed by atoms with Gasteiger partial charge in [-0.05, 0) is 67.9 Å². The van der Waals surface area contributed by atoms with Crippen molar-refractivity contribution in [2.24, 2.45) is 0 Å². The molecule has 190 valence electrons. The zero-order chi connectivity index (χ0) is 26.5. The summed E-state index contributed by atoms with van der Waals surface area (Å²) in [5, 5.41) is 2.53. The third-order valence-electron chi connectivity index (χ3n) is 5.66. The van der Waals surface area contributed by atoms with Crippen LogP contribution in [0.2, 0.25) is 0 Å². The summed E-state index contributed by atoms with van der Waals surface area (Å²) in [6.07, 6.45) is 0. The number of halogens is 2. The first-order chi connectivity index (χ1) is 17.0. The van der Waals surface area contributed by atoms with E-state index in [1.807, 2.05) is 25.1 Å². The molecule has 0 aliphatic carbocycles. The van der Waals surface area contributed by atoms with Crippen molar-refractivity contribution in [3.63, 3.8) is 0 Å². The van der Waals surface area contributed by atoms with Crippen molar-refractivity contribution in [2.45, 2.75) is 31.3 Å². The van der Waals surface area contributed by atoms with Crippen molar-refractivity contribution in [2.75, 3.05) is 17.9 Å². The number of aryl methyl sites for hydroxylation is 1. The first-order valence-corrected chi connectivity index (χ1v) is 13.4. The van der Waals surface area contributed by atoms with E-state index in [-0.39, 0.29) is 17.1 Å². The topological polar surface area (TPSA) is 86.8 Å². The molecule has 0 aliphatic rings. The van der Waals surface area contributed by atoms with Crippen LogP contribution in [0.15, 0.2) is 82.2 Å². The van der Waals surface area contributed by atoms with E-state index in [1.54, 1.807) is 25.1 Å². The lowest BCUT2D eigenvalue weighted by Crippen LogP contribution is -2.50. The minimum absolute atomic E-state index is 0.0110. The van der Waals surface area contributed by atoms with Gasteiger partial charge in [0.15, 0.2) is 0 Å². The molecule has 36 heavy (non-hydrogen) atoms.